The average molecular weight is 445 g/mol. The van der Waals surface area contributed by atoms with Crippen molar-refractivity contribution in [3.05, 3.63) is 59.9 Å². The fourth-order valence-corrected chi connectivity index (χ4v) is 3.61. The van der Waals surface area contributed by atoms with Gasteiger partial charge in [-0.1, -0.05) is 12.1 Å². The van der Waals surface area contributed by atoms with Crippen LogP contribution in [0.15, 0.2) is 53.5 Å². The molecule has 1 aliphatic rings. The second kappa shape index (κ2) is 12.3. The van der Waals surface area contributed by atoms with Gasteiger partial charge in [-0.05, 0) is 48.9 Å². The van der Waals surface area contributed by atoms with Crippen molar-refractivity contribution in [1.82, 2.24) is 15.5 Å². The summed E-state index contributed by atoms with van der Waals surface area (Å²) < 4.78 is 29.7. The van der Waals surface area contributed by atoms with Gasteiger partial charge in [0.1, 0.15) is 23.4 Å². The molecule has 1 heterocycles. The number of guanidine groups is 1. The van der Waals surface area contributed by atoms with Crippen LogP contribution in [0.25, 0.3) is 0 Å². The van der Waals surface area contributed by atoms with Crippen LogP contribution >= 0.6 is 0 Å². The number of benzene rings is 2. The number of hydrogen-bond donors (Lipinski definition) is 2. The molecular formula is C24H33FN4O3. The van der Waals surface area contributed by atoms with Crippen LogP contribution in [0.5, 0.6) is 11.5 Å². The van der Waals surface area contributed by atoms with Gasteiger partial charge in [0.2, 0.25) is 0 Å². The second-order valence-corrected chi connectivity index (χ2v) is 7.65. The Morgan fingerprint density at radius 2 is 1.66 bits per heavy atom. The number of methoxy groups -OCH3 is 1. The van der Waals surface area contributed by atoms with Crippen molar-refractivity contribution >= 4 is 5.96 Å². The largest absolute Gasteiger partial charge is 0.497 e. The topological polar surface area (TPSA) is 67.4 Å². The maximum absolute atomic E-state index is 13.1. The third-order valence-electron chi connectivity index (χ3n) is 5.38. The Labute approximate surface area is 189 Å². The maximum atomic E-state index is 13.1. The van der Waals surface area contributed by atoms with E-state index < -0.39 is 0 Å². The minimum Gasteiger partial charge on any atom is -0.497 e. The van der Waals surface area contributed by atoms with Gasteiger partial charge in [-0.15, -0.1) is 0 Å². The van der Waals surface area contributed by atoms with Crippen LogP contribution in [0.3, 0.4) is 0 Å². The zero-order valence-corrected chi connectivity index (χ0v) is 19.0. The molecule has 2 N–H and O–H groups in total. The van der Waals surface area contributed by atoms with Gasteiger partial charge in [0.25, 0.3) is 0 Å². The zero-order valence-electron chi connectivity index (χ0n) is 19.0. The van der Waals surface area contributed by atoms with E-state index in [4.69, 9.17) is 14.2 Å². The number of hydrogen-bond acceptors (Lipinski definition) is 5. The lowest BCUT2D eigenvalue weighted by Crippen LogP contribution is -2.47. The number of rotatable bonds is 9. The first-order valence-electron chi connectivity index (χ1n) is 10.9. The van der Waals surface area contributed by atoms with Gasteiger partial charge in [-0.3, -0.25) is 9.89 Å². The maximum Gasteiger partial charge on any atom is 0.191 e. The van der Waals surface area contributed by atoms with Gasteiger partial charge >= 0.3 is 0 Å². The van der Waals surface area contributed by atoms with E-state index in [-0.39, 0.29) is 18.0 Å². The molecule has 174 valence electrons. The molecule has 1 fully saturated rings. The van der Waals surface area contributed by atoms with E-state index in [1.807, 2.05) is 19.1 Å². The Kier molecular flexibility index (Phi) is 9.13. The first-order chi connectivity index (χ1) is 15.6. The average Bonchev–Trinajstić information content (AvgIpc) is 2.83. The molecule has 2 aromatic carbocycles. The summed E-state index contributed by atoms with van der Waals surface area (Å²) in [4.78, 5) is 6.77. The Hall–Kier alpha value is -2.84. The molecule has 0 amide bonds. The Balaban J connectivity index is 1.55. The van der Waals surface area contributed by atoms with Crippen molar-refractivity contribution in [2.45, 2.75) is 19.1 Å². The van der Waals surface area contributed by atoms with Gasteiger partial charge in [0.15, 0.2) is 5.96 Å². The summed E-state index contributed by atoms with van der Waals surface area (Å²) in [5.41, 5.74) is 1.21. The van der Waals surface area contributed by atoms with Crippen LogP contribution in [0.4, 0.5) is 4.39 Å². The first-order valence-corrected chi connectivity index (χ1v) is 10.9. The molecule has 0 saturated carbocycles. The van der Waals surface area contributed by atoms with Gasteiger partial charge in [0, 0.05) is 26.7 Å². The third kappa shape index (κ3) is 7.10. The van der Waals surface area contributed by atoms with Crippen molar-refractivity contribution in [3.8, 4) is 11.5 Å². The number of halogens is 1. The van der Waals surface area contributed by atoms with E-state index in [0.717, 1.165) is 32.1 Å². The summed E-state index contributed by atoms with van der Waals surface area (Å²) in [5.74, 6) is 1.90. The number of ether oxygens (including phenoxy) is 3. The van der Waals surface area contributed by atoms with Crippen LogP contribution in [0.1, 0.15) is 18.5 Å². The zero-order chi connectivity index (χ0) is 22.8. The SMILES string of the molecule is CN=C(NCC(C)Oc1ccc(F)cc1)NCC(c1ccc(OC)cc1)N1CCOCC1. The predicted octanol–water partition coefficient (Wildman–Crippen LogP) is 2.84. The van der Waals surface area contributed by atoms with Crippen molar-refractivity contribution in [1.29, 1.82) is 0 Å². The highest BCUT2D eigenvalue weighted by atomic mass is 19.1. The minimum absolute atomic E-state index is 0.115. The number of nitrogens with zero attached hydrogens (tertiary/aromatic N) is 2. The Bertz CT molecular complexity index is 839. The molecule has 0 radical (unpaired) electrons. The lowest BCUT2D eigenvalue weighted by Gasteiger charge is -2.35. The number of nitrogens with one attached hydrogen (secondary N) is 2. The van der Waals surface area contributed by atoms with Crippen LogP contribution in [-0.2, 0) is 4.74 Å². The van der Waals surface area contributed by atoms with Gasteiger partial charge in [-0.2, -0.15) is 0 Å². The molecule has 32 heavy (non-hydrogen) atoms. The van der Waals surface area contributed by atoms with E-state index in [0.29, 0.717) is 24.8 Å². The molecule has 8 heteroatoms. The minimum atomic E-state index is -0.278. The van der Waals surface area contributed by atoms with Gasteiger partial charge in [-0.25, -0.2) is 4.39 Å². The van der Waals surface area contributed by atoms with Crippen LogP contribution in [0, 0.1) is 5.82 Å². The Morgan fingerprint density at radius 3 is 2.28 bits per heavy atom. The lowest BCUT2D eigenvalue weighted by atomic mass is 10.0. The highest BCUT2D eigenvalue weighted by Gasteiger charge is 2.23. The summed E-state index contributed by atoms with van der Waals surface area (Å²) in [6.07, 6.45) is -0.115. The second-order valence-electron chi connectivity index (χ2n) is 7.65. The van der Waals surface area contributed by atoms with E-state index in [1.165, 1.54) is 17.7 Å². The van der Waals surface area contributed by atoms with Crippen molar-refractivity contribution in [2.75, 3.05) is 53.6 Å². The van der Waals surface area contributed by atoms with E-state index in [1.54, 1.807) is 26.3 Å². The summed E-state index contributed by atoms with van der Waals surface area (Å²) in [7, 11) is 3.42. The van der Waals surface area contributed by atoms with Crippen molar-refractivity contribution in [3.63, 3.8) is 0 Å². The fourth-order valence-electron chi connectivity index (χ4n) is 3.61. The lowest BCUT2D eigenvalue weighted by molar-refractivity contribution is 0.0170. The number of morpholine rings is 1. The summed E-state index contributed by atoms with van der Waals surface area (Å²) >= 11 is 0. The van der Waals surface area contributed by atoms with E-state index in [9.17, 15) is 4.39 Å². The molecule has 0 aromatic heterocycles. The smallest absolute Gasteiger partial charge is 0.191 e. The monoisotopic (exact) mass is 444 g/mol. The molecule has 3 rings (SSSR count). The van der Waals surface area contributed by atoms with Crippen LogP contribution in [-0.4, -0.2) is 70.5 Å². The van der Waals surface area contributed by atoms with Crippen molar-refractivity contribution in [2.24, 2.45) is 4.99 Å². The summed E-state index contributed by atoms with van der Waals surface area (Å²) in [5, 5.41) is 6.75. The fraction of sp³-hybridized carbons (Fsp3) is 0.458. The third-order valence-corrected chi connectivity index (χ3v) is 5.38. The Morgan fingerprint density at radius 1 is 1.03 bits per heavy atom. The molecule has 2 aromatic rings. The van der Waals surface area contributed by atoms with Crippen LogP contribution in [0.2, 0.25) is 0 Å². The number of aliphatic imine (C=N–C) groups is 1. The summed E-state index contributed by atoms with van der Waals surface area (Å²) in [6.45, 7) is 6.44. The normalized spacial score (nSPS) is 16.8. The molecule has 2 unspecified atom stereocenters. The summed E-state index contributed by atoms with van der Waals surface area (Å²) in [6, 6.07) is 14.4. The van der Waals surface area contributed by atoms with Crippen molar-refractivity contribution < 1.29 is 18.6 Å². The quantitative estimate of drug-likeness (QED) is 0.458. The first kappa shape index (κ1) is 23.8. The molecule has 2 atom stereocenters. The highest BCUT2D eigenvalue weighted by Crippen LogP contribution is 2.23. The van der Waals surface area contributed by atoms with Crippen LogP contribution < -0.4 is 20.1 Å². The standard InChI is InChI=1S/C24H33FN4O3/c1-18(32-22-10-6-20(25)7-11-22)16-27-24(26-2)28-17-23(29-12-14-31-15-13-29)19-4-8-21(30-3)9-5-19/h4-11,18,23H,12-17H2,1-3H3,(H2,26,27,28). The van der Waals surface area contributed by atoms with E-state index in [2.05, 4.69) is 32.7 Å². The van der Waals surface area contributed by atoms with Gasteiger partial charge < -0.3 is 24.8 Å². The molecule has 1 aliphatic heterocycles. The molecule has 0 bridgehead atoms. The van der Waals surface area contributed by atoms with E-state index >= 15 is 0 Å². The molecular weight excluding hydrogens is 411 g/mol. The molecule has 7 nitrogen and oxygen atoms in total. The van der Waals surface area contributed by atoms with Gasteiger partial charge in [0.05, 0.1) is 32.9 Å². The molecule has 0 spiro atoms. The molecule has 1 saturated heterocycles. The predicted molar refractivity (Wildman–Crippen MR) is 124 cm³/mol. The highest BCUT2D eigenvalue weighted by molar-refractivity contribution is 5.79. The molecule has 0 aliphatic carbocycles.